The molecule has 0 radical (unpaired) electrons. The zero-order chi connectivity index (χ0) is 15.1. The van der Waals surface area contributed by atoms with Crippen LogP contribution in [0.3, 0.4) is 0 Å². The van der Waals surface area contributed by atoms with Crippen molar-refractivity contribution < 1.29 is 5.11 Å². The first-order valence-electron chi connectivity index (χ1n) is 7.37. The maximum Gasteiger partial charge on any atom is 0.0899 e. The summed E-state index contributed by atoms with van der Waals surface area (Å²) in [6.45, 7) is 0. The van der Waals surface area contributed by atoms with Crippen LogP contribution in [-0.4, -0.2) is 5.11 Å². The molecule has 0 heterocycles. The lowest BCUT2D eigenvalue weighted by molar-refractivity contribution is 0.160. The molecule has 3 aromatic carbocycles. The van der Waals surface area contributed by atoms with Gasteiger partial charge in [0.25, 0.3) is 0 Å². The van der Waals surface area contributed by atoms with Crippen LogP contribution < -0.4 is 0 Å². The Balaban J connectivity index is 1.86. The van der Waals surface area contributed by atoms with Crippen molar-refractivity contribution in [2.45, 2.75) is 12.0 Å². The van der Waals surface area contributed by atoms with E-state index in [-0.39, 0.29) is 5.92 Å². The van der Waals surface area contributed by atoms with Crippen LogP contribution in [0.1, 0.15) is 28.7 Å². The predicted octanol–water partition coefficient (Wildman–Crippen LogP) is 5.19. The van der Waals surface area contributed by atoms with Crippen molar-refractivity contribution in [2.24, 2.45) is 0 Å². The zero-order valence-electron chi connectivity index (χ0n) is 11.9. The average molecular weight is 307 g/mol. The Hall–Kier alpha value is -2.09. The van der Waals surface area contributed by atoms with E-state index in [1.54, 1.807) is 0 Å². The fourth-order valence-electron chi connectivity index (χ4n) is 3.39. The second-order valence-corrected chi connectivity index (χ2v) is 6.08. The van der Waals surface area contributed by atoms with Gasteiger partial charge in [0, 0.05) is 10.9 Å². The van der Waals surface area contributed by atoms with Crippen molar-refractivity contribution in [1.29, 1.82) is 0 Å². The highest BCUT2D eigenvalue weighted by Crippen LogP contribution is 2.49. The summed E-state index contributed by atoms with van der Waals surface area (Å²) >= 11 is 5.96. The largest absolute Gasteiger partial charge is 0.387 e. The van der Waals surface area contributed by atoms with Crippen molar-refractivity contribution in [2.75, 3.05) is 0 Å². The lowest BCUT2D eigenvalue weighted by Crippen LogP contribution is -2.09. The summed E-state index contributed by atoms with van der Waals surface area (Å²) in [6.07, 6.45) is -0.581. The SMILES string of the molecule is OC(c1ccc(Cl)cc1)C1c2ccccc2-c2ccccc21. The van der Waals surface area contributed by atoms with Crippen LogP contribution in [0.15, 0.2) is 72.8 Å². The normalized spacial score (nSPS) is 14.5. The van der Waals surface area contributed by atoms with Gasteiger partial charge < -0.3 is 5.11 Å². The van der Waals surface area contributed by atoms with Crippen LogP contribution in [-0.2, 0) is 0 Å². The molecule has 1 aliphatic carbocycles. The van der Waals surface area contributed by atoms with E-state index in [0.29, 0.717) is 5.02 Å². The van der Waals surface area contributed by atoms with Crippen LogP contribution in [0.4, 0.5) is 0 Å². The Morgan fingerprint density at radius 3 is 1.77 bits per heavy atom. The molecule has 1 atom stereocenters. The molecule has 1 N–H and O–H groups in total. The number of halogens is 1. The molecule has 0 bridgehead atoms. The molecule has 0 aliphatic heterocycles. The van der Waals surface area contributed by atoms with Gasteiger partial charge in [0.05, 0.1) is 6.10 Å². The highest BCUT2D eigenvalue weighted by molar-refractivity contribution is 6.30. The summed E-state index contributed by atoms with van der Waals surface area (Å²) in [5, 5.41) is 11.6. The summed E-state index contributed by atoms with van der Waals surface area (Å²) in [6, 6.07) is 24.1. The average Bonchev–Trinajstić information content (AvgIpc) is 2.89. The molecule has 0 saturated heterocycles. The van der Waals surface area contributed by atoms with E-state index in [1.807, 2.05) is 48.5 Å². The van der Waals surface area contributed by atoms with E-state index in [9.17, 15) is 5.11 Å². The monoisotopic (exact) mass is 306 g/mol. The Kier molecular flexibility index (Phi) is 3.25. The van der Waals surface area contributed by atoms with Crippen molar-refractivity contribution in [3.05, 3.63) is 94.5 Å². The Morgan fingerprint density at radius 1 is 0.727 bits per heavy atom. The maximum atomic E-state index is 11.0. The number of hydrogen-bond acceptors (Lipinski definition) is 1. The molecule has 0 spiro atoms. The van der Waals surface area contributed by atoms with Gasteiger partial charge >= 0.3 is 0 Å². The summed E-state index contributed by atoms with van der Waals surface area (Å²) < 4.78 is 0. The minimum absolute atomic E-state index is 0.0337. The molecule has 1 nitrogen and oxygen atoms in total. The quantitative estimate of drug-likeness (QED) is 0.691. The minimum Gasteiger partial charge on any atom is -0.387 e. The number of fused-ring (bicyclic) bond motifs is 3. The highest BCUT2D eigenvalue weighted by atomic mass is 35.5. The fourth-order valence-corrected chi connectivity index (χ4v) is 3.51. The van der Waals surface area contributed by atoms with Gasteiger partial charge in [-0.05, 0) is 39.9 Å². The summed E-state index contributed by atoms with van der Waals surface area (Å²) in [7, 11) is 0. The van der Waals surface area contributed by atoms with Crippen LogP contribution in [0.2, 0.25) is 5.02 Å². The Bertz CT molecular complexity index is 778. The number of hydrogen-bond donors (Lipinski definition) is 1. The van der Waals surface area contributed by atoms with Crippen molar-refractivity contribution in [1.82, 2.24) is 0 Å². The maximum absolute atomic E-state index is 11.0. The van der Waals surface area contributed by atoms with Gasteiger partial charge in [-0.1, -0.05) is 72.3 Å². The molecule has 22 heavy (non-hydrogen) atoms. The van der Waals surface area contributed by atoms with Crippen LogP contribution >= 0.6 is 11.6 Å². The second kappa shape index (κ2) is 5.28. The van der Waals surface area contributed by atoms with Crippen LogP contribution in [0, 0.1) is 0 Å². The van der Waals surface area contributed by atoms with E-state index in [2.05, 4.69) is 24.3 Å². The number of aliphatic hydroxyl groups is 1. The number of rotatable bonds is 2. The first-order valence-corrected chi connectivity index (χ1v) is 7.75. The minimum atomic E-state index is -0.581. The fraction of sp³-hybridized carbons (Fsp3) is 0.100. The third-order valence-corrected chi connectivity index (χ3v) is 4.66. The van der Waals surface area contributed by atoms with E-state index in [0.717, 1.165) is 5.56 Å². The molecule has 1 aliphatic rings. The summed E-state index contributed by atoms with van der Waals surface area (Å²) in [4.78, 5) is 0. The molecule has 4 rings (SSSR count). The first kappa shape index (κ1) is 13.6. The Labute approximate surface area is 134 Å². The molecule has 0 saturated carbocycles. The van der Waals surface area contributed by atoms with Gasteiger partial charge in [-0.15, -0.1) is 0 Å². The van der Waals surface area contributed by atoms with E-state index in [1.165, 1.54) is 22.3 Å². The van der Waals surface area contributed by atoms with Crippen LogP contribution in [0.25, 0.3) is 11.1 Å². The third-order valence-electron chi connectivity index (χ3n) is 4.41. The molecule has 3 aromatic rings. The number of benzene rings is 3. The van der Waals surface area contributed by atoms with E-state index in [4.69, 9.17) is 11.6 Å². The lowest BCUT2D eigenvalue weighted by Gasteiger charge is -2.21. The zero-order valence-corrected chi connectivity index (χ0v) is 12.7. The van der Waals surface area contributed by atoms with Gasteiger partial charge in [0.1, 0.15) is 0 Å². The molecule has 0 fully saturated rings. The molecule has 2 heteroatoms. The first-order chi connectivity index (χ1) is 10.8. The van der Waals surface area contributed by atoms with Gasteiger partial charge in [0.15, 0.2) is 0 Å². The number of aliphatic hydroxyl groups excluding tert-OH is 1. The smallest absolute Gasteiger partial charge is 0.0899 e. The van der Waals surface area contributed by atoms with E-state index < -0.39 is 6.10 Å². The molecule has 0 amide bonds. The van der Waals surface area contributed by atoms with Gasteiger partial charge in [0.2, 0.25) is 0 Å². The van der Waals surface area contributed by atoms with Crippen molar-refractivity contribution in [3.8, 4) is 11.1 Å². The molecular weight excluding hydrogens is 292 g/mol. The van der Waals surface area contributed by atoms with Crippen molar-refractivity contribution in [3.63, 3.8) is 0 Å². The topological polar surface area (TPSA) is 20.2 Å². The standard InChI is InChI=1S/C20H15ClO/c21-14-11-9-13(10-12-14)20(22)19-17-7-3-1-5-15(17)16-6-2-4-8-18(16)19/h1-12,19-20,22H. The molecular formula is C20H15ClO. The van der Waals surface area contributed by atoms with Gasteiger partial charge in [-0.25, -0.2) is 0 Å². The third kappa shape index (κ3) is 2.06. The van der Waals surface area contributed by atoms with Crippen molar-refractivity contribution >= 4 is 11.6 Å². The summed E-state index contributed by atoms with van der Waals surface area (Å²) in [5.41, 5.74) is 5.70. The second-order valence-electron chi connectivity index (χ2n) is 5.65. The molecule has 0 aromatic heterocycles. The van der Waals surface area contributed by atoms with E-state index >= 15 is 0 Å². The Morgan fingerprint density at radius 2 is 1.23 bits per heavy atom. The summed E-state index contributed by atoms with van der Waals surface area (Å²) in [5.74, 6) is -0.0337. The van der Waals surface area contributed by atoms with Gasteiger partial charge in [-0.2, -0.15) is 0 Å². The van der Waals surface area contributed by atoms with Gasteiger partial charge in [-0.3, -0.25) is 0 Å². The lowest BCUT2D eigenvalue weighted by atomic mass is 9.87. The van der Waals surface area contributed by atoms with Crippen LogP contribution in [0.5, 0.6) is 0 Å². The molecule has 108 valence electrons. The molecule has 1 unspecified atom stereocenters. The predicted molar refractivity (Wildman–Crippen MR) is 90.1 cm³/mol. The highest BCUT2D eigenvalue weighted by Gasteiger charge is 2.33.